The van der Waals surface area contributed by atoms with Crippen LogP contribution in [0.5, 0.6) is 0 Å². The topological polar surface area (TPSA) is 41.1 Å². The summed E-state index contributed by atoms with van der Waals surface area (Å²) in [5.74, 6) is 0. The molecular weight excluding hydrogens is 293 g/mol. The maximum absolute atomic E-state index is 12.6. The highest BCUT2D eigenvalue weighted by atomic mass is 19.4. The van der Waals surface area contributed by atoms with Crippen LogP contribution >= 0.6 is 0 Å². The Balaban J connectivity index is 2.09. The third-order valence-electron chi connectivity index (χ3n) is 3.08. The number of amides is 2. The second-order valence-corrected chi connectivity index (χ2v) is 4.98. The van der Waals surface area contributed by atoms with Gasteiger partial charge in [-0.15, -0.1) is 0 Å². The molecule has 0 saturated heterocycles. The number of carbonyl (C=O) groups is 1. The minimum absolute atomic E-state index is 0.0806. The molecule has 3 nitrogen and oxygen atoms in total. The van der Waals surface area contributed by atoms with Crippen LogP contribution < -0.4 is 10.6 Å². The van der Waals surface area contributed by atoms with E-state index in [4.69, 9.17) is 0 Å². The van der Waals surface area contributed by atoms with E-state index in [1.165, 1.54) is 12.1 Å². The van der Waals surface area contributed by atoms with Crippen LogP contribution in [0.2, 0.25) is 0 Å². The SMILES string of the molecule is Cc1ccc(NC(=O)Nc2cccc(C(F)(F)F)c2)c(C)c1. The first kappa shape index (κ1) is 15.9. The normalized spacial score (nSPS) is 11.1. The zero-order valence-corrected chi connectivity index (χ0v) is 12.1. The number of nitrogens with one attached hydrogen (secondary N) is 2. The summed E-state index contributed by atoms with van der Waals surface area (Å²) in [6.45, 7) is 3.77. The average Bonchev–Trinajstić information content (AvgIpc) is 2.41. The fraction of sp³-hybridized carbons (Fsp3) is 0.188. The minimum atomic E-state index is -4.44. The smallest absolute Gasteiger partial charge is 0.308 e. The van der Waals surface area contributed by atoms with Crippen molar-refractivity contribution in [3.8, 4) is 0 Å². The Morgan fingerprint density at radius 2 is 1.73 bits per heavy atom. The molecule has 0 aliphatic carbocycles. The van der Waals surface area contributed by atoms with Gasteiger partial charge in [0.05, 0.1) is 5.56 Å². The first-order valence-electron chi connectivity index (χ1n) is 6.58. The molecule has 0 atom stereocenters. The Kier molecular flexibility index (Phi) is 4.40. The number of alkyl halides is 3. The number of rotatable bonds is 2. The van der Waals surface area contributed by atoms with E-state index in [1.54, 1.807) is 6.07 Å². The standard InChI is InChI=1S/C16H15F3N2O/c1-10-6-7-14(11(2)8-10)21-15(22)20-13-5-3-4-12(9-13)16(17,18)19/h3-9H,1-2H3,(H2,20,21,22). The molecule has 116 valence electrons. The summed E-state index contributed by atoms with van der Waals surface area (Å²) in [7, 11) is 0. The molecule has 22 heavy (non-hydrogen) atoms. The van der Waals surface area contributed by atoms with Crippen molar-refractivity contribution in [3.63, 3.8) is 0 Å². The highest BCUT2D eigenvalue weighted by Crippen LogP contribution is 2.30. The molecule has 6 heteroatoms. The summed E-state index contributed by atoms with van der Waals surface area (Å²) in [6.07, 6.45) is -4.44. The van der Waals surface area contributed by atoms with Gasteiger partial charge in [-0.3, -0.25) is 0 Å². The van der Waals surface area contributed by atoms with Gasteiger partial charge in [0.25, 0.3) is 0 Å². The Morgan fingerprint density at radius 3 is 2.36 bits per heavy atom. The number of benzene rings is 2. The Hall–Kier alpha value is -2.50. The lowest BCUT2D eigenvalue weighted by molar-refractivity contribution is -0.137. The summed E-state index contributed by atoms with van der Waals surface area (Å²) < 4.78 is 37.8. The maximum atomic E-state index is 12.6. The van der Waals surface area contributed by atoms with Crippen LogP contribution in [0.4, 0.5) is 29.3 Å². The van der Waals surface area contributed by atoms with Gasteiger partial charge >= 0.3 is 12.2 Å². The summed E-state index contributed by atoms with van der Waals surface area (Å²) >= 11 is 0. The van der Waals surface area contributed by atoms with Crippen molar-refractivity contribution < 1.29 is 18.0 Å². The lowest BCUT2D eigenvalue weighted by Gasteiger charge is -2.12. The molecule has 0 heterocycles. The van der Waals surface area contributed by atoms with Crippen molar-refractivity contribution in [1.82, 2.24) is 0 Å². The second-order valence-electron chi connectivity index (χ2n) is 4.98. The Labute approximate surface area is 126 Å². The molecule has 2 rings (SSSR count). The quantitative estimate of drug-likeness (QED) is 0.808. The second kappa shape index (κ2) is 6.09. The number of halogens is 3. The van der Waals surface area contributed by atoms with Crippen LogP contribution in [0.1, 0.15) is 16.7 Å². The molecule has 0 aliphatic rings. The predicted molar refractivity (Wildman–Crippen MR) is 80.0 cm³/mol. The minimum Gasteiger partial charge on any atom is -0.308 e. The Bertz CT molecular complexity index is 696. The number of hydrogen-bond donors (Lipinski definition) is 2. The first-order chi connectivity index (χ1) is 10.3. The van der Waals surface area contributed by atoms with Gasteiger partial charge in [-0.25, -0.2) is 4.79 Å². The van der Waals surface area contributed by atoms with Crippen LogP contribution in [-0.4, -0.2) is 6.03 Å². The van der Waals surface area contributed by atoms with E-state index in [9.17, 15) is 18.0 Å². The van der Waals surface area contributed by atoms with E-state index in [0.29, 0.717) is 5.69 Å². The van der Waals surface area contributed by atoms with Gasteiger partial charge in [-0.1, -0.05) is 23.8 Å². The number of carbonyl (C=O) groups excluding carboxylic acids is 1. The third kappa shape index (κ3) is 4.00. The van der Waals surface area contributed by atoms with Crippen molar-refractivity contribution in [3.05, 3.63) is 59.2 Å². The molecule has 0 aromatic heterocycles. The molecule has 0 spiro atoms. The molecular formula is C16H15F3N2O. The van der Waals surface area contributed by atoms with E-state index in [-0.39, 0.29) is 5.69 Å². The predicted octanol–water partition coefficient (Wildman–Crippen LogP) is 4.97. The molecule has 2 aromatic rings. The highest BCUT2D eigenvalue weighted by Gasteiger charge is 2.30. The summed E-state index contributed by atoms with van der Waals surface area (Å²) in [5, 5.41) is 5.01. The molecule has 0 bridgehead atoms. The zero-order valence-electron chi connectivity index (χ0n) is 12.1. The van der Waals surface area contributed by atoms with Crippen molar-refractivity contribution in [1.29, 1.82) is 0 Å². The van der Waals surface area contributed by atoms with Gasteiger partial charge in [0.15, 0.2) is 0 Å². The van der Waals surface area contributed by atoms with Crippen molar-refractivity contribution >= 4 is 17.4 Å². The van der Waals surface area contributed by atoms with Crippen LogP contribution in [0.25, 0.3) is 0 Å². The van der Waals surface area contributed by atoms with Crippen LogP contribution in [0.3, 0.4) is 0 Å². The zero-order chi connectivity index (χ0) is 16.3. The van der Waals surface area contributed by atoms with Gasteiger partial charge in [-0.2, -0.15) is 13.2 Å². The Morgan fingerprint density at radius 1 is 1.00 bits per heavy atom. The number of anilines is 2. The molecule has 2 N–H and O–H groups in total. The number of urea groups is 1. The lowest BCUT2D eigenvalue weighted by Crippen LogP contribution is -2.20. The van der Waals surface area contributed by atoms with Crippen molar-refractivity contribution in [2.45, 2.75) is 20.0 Å². The monoisotopic (exact) mass is 308 g/mol. The van der Waals surface area contributed by atoms with Crippen LogP contribution in [0.15, 0.2) is 42.5 Å². The molecule has 0 radical (unpaired) electrons. The van der Waals surface area contributed by atoms with E-state index >= 15 is 0 Å². The van der Waals surface area contributed by atoms with Crippen LogP contribution in [0, 0.1) is 13.8 Å². The molecule has 2 amide bonds. The fourth-order valence-electron chi connectivity index (χ4n) is 2.01. The molecule has 0 saturated carbocycles. The summed E-state index contributed by atoms with van der Waals surface area (Å²) in [5.41, 5.74) is 1.81. The number of hydrogen-bond acceptors (Lipinski definition) is 1. The van der Waals surface area contributed by atoms with Gasteiger partial charge in [-0.05, 0) is 43.7 Å². The van der Waals surface area contributed by atoms with Crippen molar-refractivity contribution in [2.75, 3.05) is 10.6 Å². The highest BCUT2D eigenvalue weighted by molar-refractivity contribution is 6.00. The molecule has 0 aliphatic heterocycles. The number of aryl methyl sites for hydroxylation is 2. The van der Waals surface area contributed by atoms with Gasteiger partial charge in [0, 0.05) is 11.4 Å². The molecule has 2 aromatic carbocycles. The average molecular weight is 308 g/mol. The summed E-state index contributed by atoms with van der Waals surface area (Å²) in [4.78, 5) is 11.9. The lowest BCUT2D eigenvalue weighted by atomic mass is 10.1. The molecule has 0 fully saturated rings. The van der Waals surface area contributed by atoms with E-state index in [1.807, 2.05) is 26.0 Å². The summed E-state index contributed by atoms with van der Waals surface area (Å²) in [6, 6.07) is 9.39. The van der Waals surface area contributed by atoms with E-state index in [0.717, 1.165) is 23.3 Å². The maximum Gasteiger partial charge on any atom is 0.416 e. The first-order valence-corrected chi connectivity index (χ1v) is 6.58. The van der Waals surface area contributed by atoms with E-state index < -0.39 is 17.8 Å². The largest absolute Gasteiger partial charge is 0.416 e. The van der Waals surface area contributed by atoms with Gasteiger partial charge < -0.3 is 10.6 Å². The third-order valence-corrected chi connectivity index (χ3v) is 3.08. The van der Waals surface area contributed by atoms with Crippen molar-refractivity contribution in [2.24, 2.45) is 0 Å². The van der Waals surface area contributed by atoms with Gasteiger partial charge in [0.1, 0.15) is 0 Å². The van der Waals surface area contributed by atoms with E-state index in [2.05, 4.69) is 10.6 Å². The fourth-order valence-corrected chi connectivity index (χ4v) is 2.01. The molecule has 0 unspecified atom stereocenters. The van der Waals surface area contributed by atoms with Gasteiger partial charge in [0.2, 0.25) is 0 Å². The van der Waals surface area contributed by atoms with Crippen LogP contribution in [-0.2, 0) is 6.18 Å².